The van der Waals surface area contributed by atoms with E-state index in [9.17, 15) is 14.7 Å². The molecule has 0 radical (unpaired) electrons. The minimum atomic E-state index is -1.09. The Balaban J connectivity index is 2.28. The van der Waals surface area contributed by atoms with E-state index in [-0.39, 0.29) is 0 Å². The summed E-state index contributed by atoms with van der Waals surface area (Å²) in [4.78, 5) is 24.3. The quantitative estimate of drug-likeness (QED) is 0.881. The Hall–Kier alpha value is -2.28. The fourth-order valence-corrected chi connectivity index (χ4v) is 2.66. The standard InChI is InChI=1S/C14H15N3O3S/c1-3-10-9(7-8(2)16-17-10)13(18)15-12(14(19)20)11-5-4-6-21-11/h4-7,12H,3H2,1-2H3,(H,15,18)(H,19,20). The first-order valence-corrected chi connectivity index (χ1v) is 7.31. The van der Waals surface area contributed by atoms with Gasteiger partial charge < -0.3 is 10.4 Å². The zero-order chi connectivity index (χ0) is 15.4. The minimum Gasteiger partial charge on any atom is -0.479 e. The van der Waals surface area contributed by atoms with Gasteiger partial charge in [0.1, 0.15) is 0 Å². The van der Waals surface area contributed by atoms with Crippen molar-refractivity contribution in [2.75, 3.05) is 0 Å². The molecule has 0 aliphatic carbocycles. The first kappa shape index (κ1) is 15.1. The van der Waals surface area contributed by atoms with Gasteiger partial charge in [-0.1, -0.05) is 13.0 Å². The molecule has 1 atom stereocenters. The minimum absolute atomic E-state index is 0.368. The SMILES string of the molecule is CCc1nnc(C)cc1C(=O)NC(C(=O)O)c1cccs1. The highest BCUT2D eigenvalue weighted by atomic mass is 32.1. The number of carbonyl (C=O) groups excluding carboxylic acids is 1. The van der Waals surface area contributed by atoms with Crippen molar-refractivity contribution in [3.8, 4) is 0 Å². The summed E-state index contributed by atoms with van der Waals surface area (Å²) in [6, 6.07) is 3.99. The molecule has 21 heavy (non-hydrogen) atoms. The van der Waals surface area contributed by atoms with Gasteiger partial charge in [0.15, 0.2) is 6.04 Å². The lowest BCUT2D eigenvalue weighted by Crippen LogP contribution is -2.34. The third-order valence-corrected chi connectivity index (χ3v) is 3.86. The predicted molar refractivity (Wildman–Crippen MR) is 78.3 cm³/mol. The molecule has 2 heterocycles. The van der Waals surface area contributed by atoms with E-state index in [1.165, 1.54) is 11.3 Å². The summed E-state index contributed by atoms with van der Waals surface area (Å²) in [7, 11) is 0. The van der Waals surface area contributed by atoms with Gasteiger partial charge >= 0.3 is 5.97 Å². The molecule has 0 aromatic carbocycles. The van der Waals surface area contributed by atoms with Gasteiger partial charge in [-0.3, -0.25) is 4.79 Å². The molecule has 0 saturated heterocycles. The number of aliphatic carboxylic acids is 1. The maximum absolute atomic E-state index is 12.3. The number of nitrogens with one attached hydrogen (secondary N) is 1. The number of nitrogens with zero attached hydrogens (tertiary/aromatic N) is 2. The monoisotopic (exact) mass is 305 g/mol. The van der Waals surface area contributed by atoms with Crippen molar-refractivity contribution in [2.45, 2.75) is 26.3 Å². The smallest absolute Gasteiger partial charge is 0.331 e. The van der Waals surface area contributed by atoms with E-state index in [0.717, 1.165) is 0 Å². The van der Waals surface area contributed by atoms with Crippen LogP contribution >= 0.6 is 11.3 Å². The van der Waals surface area contributed by atoms with Crippen molar-refractivity contribution < 1.29 is 14.7 Å². The molecular weight excluding hydrogens is 290 g/mol. The lowest BCUT2D eigenvalue weighted by molar-refractivity contribution is -0.139. The van der Waals surface area contributed by atoms with E-state index in [1.807, 2.05) is 6.92 Å². The number of rotatable bonds is 5. The molecule has 0 fully saturated rings. The van der Waals surface area contributed by atoms with Crippen molar-refractivity contribution in [3.05, 3.63) is 45.4 Å². The van der Waals surface area contributed by atoms with Gasteiger partial charge in [-0.25, -0.2) is 4.79 Å². The second-order valence-corrected chi connectivity index (χ2v) is 5.44. The number of carboxylic acid groups (broad SMARTS) is 1. The Bertz CT molecular complexity index is 655. The average molecular weight is 305 g/mol. The molecule has 2 N–H and O–H groups in total. The normalized spacial score (nSPS) is 11.9. The van der Waals surface area contributed by atoms with Gasteiger partial charge in [0.2, 0.25) is 0 Å². The highest BCUT2D eigenvalue weighted by Gasteiger charge is 2.25. The molecule has 0 bridgehead atoms. The van der Waals surface area contributed by atoms with E-state index in [0.29, 0.717) is 28.2 Å². The summed E-state index contributed by atoms with van der Waals surface area (Å²) in [6.45, 7) is 3.60. The molecule has 0 spiro atoms. The second kappa shape index (κ2) is 6.45. The number of aryl methyl sites for hydroxylation is 2. The first-order chi connectivity index (χ1) is 10.0. The Morgan fingerprint density at radius 2 is 2.19 bits per heavy atom. The van der Waals surface area contributed by atoms with Crippen molar-refractivity contribution in [3.63, 3.8) is 0 Å². The summed E-state index contributed by atoms with van der Waals surface area (Å²) in [5.41, 5.74) is 1.53. The first-order valence-electron chi connectivity index (χ1n) is 6.43. The summed E-state index contributed by atoms with van der Waals surface area (Å²) in [5.74, 6) is -1.55. The van der Waals surface area contributed by atoms with Gasteiger partial charge in [0, 0.05) is 4.88 Å². The number of hydrogen-bond donors (Lipinski definition) is 2. The van der Waals surface area contributed by atoms with Crippen molar-refractivity contribution >= 4 is 23.2 Å². The summed E-state index contributed by atoms with van der Waals surface area (Å²) in [5, 5.41) is 21.5. The lowest BCUT2D eigenvalue weighted by Gasteiger charge is -2.14. The van der Waals surface area contributed by atoms with Crippen LogP contribution in [0.1, 0.15) is 39.6 Å². The van der Waals surface area contributed by atoms with E-state index in [1.54, 1.807) is 30.5 Å². The second-order valence-electron chi connectivity index (χ2n) is 4.46. The molecular formula is C14H15N3O3S. The lowest BCUT2D eigenvalue weighted by atomic mass is 10.1. The van der Waals surface area contributed by atoms with Gasteiger partial charge in [0.05, 0.1) is 17.0 Å². The molecule has 0 aliphatic rings. The number of thiophene rings is 1. The van der Waals surface area contributed by atoms with Crippen LogP contribution in [0.5, 0.6) is 0 Å². The van der Waals surface area contributed by atoms with Crippen LogP contribution in [-0.2, 0) is 11.2 Å². The topological polar surface area (TPSA) is 92.2 Å². The van der Waals surface area contributed by atoms with Crippen LogP contribution < -0.4 is 5.32 Å². The van der Waals surface area contributed by atoms with Crippen LogP contribution in [0.25, 0.3) is 0 Å². The Kier molecular flexibility index (Phi) is 4.64. The van der Waals surface area contributed by atoms with Crippen LogP contribution in [0.4, 0.5) is 0 Å². The maximum atomic E-state index is 12.3. The van der Waals surface area contributed by atoms with Crippen LogP contribution in [0, 0.1) is 6.92 Å². The summed E-state index contributed by atoms with van der Waals surface area (Å²) >= 11 is 1.29. The van der Waals surface area contributed by atoms with Crippen LogP contribution in [0.15, 0.2) is 23.6 Å². The molecule has 1 amide bonds. The molecule has 0 saturated carbocycles. The number of aromatic nitrogens is 2. The maximum Gasteiger partial charge on any atom is 0.331 e. The molecule has 7 heteroatoms. The zero-order valence-corrected chi connectivity index (χ0v) is 12.5. The zero-order valence-electron chi connectivity index (χ0n) is 11.7. The largest absolute Gasteiger partial charge is 0.479 e. The van der Waals surface area contributed by atoms with E-state index < -0.39 is 17.9 Å². The van der Waals surface area contributed by atoms with Crippen LogP contribution in [-0.4, -0.2) is 27.2 Å². The fourth-order valence-electron chi connectivity index (χ4n) is 1.89. The third-order valence-electron chi connectivity index (χ3n) is 2.92. The molecule has 0 aliphatic heterocycles. The molecule has 2 aromatic rings. The average Bonchev–Trinajstić information content (AvgIpc) is 2.97. The number of carboxylic acids is 1. The number of carbonyl (C=O) groups is 2. The molecule has 1 unspecified atom stereocenters. The molecule has 6 nitrogen and oxygen atoms in total. The van der Waals surface area contributed by atoms with Crippen LogP contribution in [0.3, 0.4) is 0 Å². The molecule has 2 rings (SSSR count). The third kappa shape index (κ3) is 3.43. The summed E-state index contributed by atoms with van der Waals surface area (Å²) in [6.07, 6.45) is 0.548. The molecule has 2 aromatic heterocycles. The van der Waals surface area contributed by atoms with E-state index in [2.05, 4.69) is 15.5 Å². The van der Waals surface area contributed by atoms with E-state index in [4.69, 9.17) is 0 Å². The Morgan fingerprint density at radius 1 is 1.43 bits per heavy atom. The number of hydrogen-bond acceptors (Lipinski definition) is 5. The van der Waals surface area contributed by atoms with Crippen molar-refractivity contribution in [1.29, 1.82) is 0 Å². The van der Waals surface area contributed by atoms with E-state index >= 15 is 0 Å². The van der Waals surface area contributed by atoms with Crippen LogP contribution in [0.2, 0.25) is 0 Å². The van der Waals surface area contributed by atoms with Gasteiger partial charge in [-0.2, -0.15) is 10.2 Å². The fraction of sp³-hybridized carbons (Fsp3) is 0.286. The van der Waals surface area contributed by atoms with Gasteiger partial charge in [-0.05, 0) is 30.9 Å². The Labute approximate surface area is 125 Å². The van der Waals surface area contributed by atoms with Crippen molar-refractivity contribution in [1.82, 2.24) is 15.5 Å². The predicted octanol–water partition coefficient (Wildman–Crippen LogP) is 1.96. The number of amides is 1. The highest BCUT2D eigenvalue weighted by Crippen LogP contribution is 2.20. The molecule has 110 valence electrons. The van der Waals surface area contributed by atoms with Crippen molar-refractivity contribution in [2.24, 2.45) is 0 Å². The Morgan fingerprint density at radius 3 is 2.76 bits per heavy atom. The highest BCUT2D eigenvalue weighted by molar-refractivity contribution is 7.10. The van der Waals surface area contributed by atoms with Gasteiger partial charge in [0.25, 0.3) is 5.91 Å². The summed E-state index contributed by atoms with van der Waals surface area (Å²) < 4.78 is 0. The van der Waals surface area contributed by atoms with Gasteiger partial charge in [-0.15, -0.1) is 11.3 Å².